The van der Waals surface area contributed by atoms with Crippen molar-refractivity contribution in [3.05, 3.63) is 59.9 Å². The molecule has 0 radical (unpaired) electrons. The van der Waals surface area contributed by atoms with Crippen LogP contribution >= 0.6 is 0 Å². The molecule has 2 aromatic rings. The van der Waals surface area contributed by atoms with Gasteiger partial charge in [0.25, 0.3) is 0 Å². The number of nitrogens with one attached hydrogen (secondary N) is 1. The van der Waals surface area contributed by atoms with E-state index >= 15 is 0 Å². The van der Waals surface area contributed by atoms with E-state index < -0.39 is 26.8 Å². The van der Waals surface area contributed by atoms with E-state index in [-0.39, 0.29) is 5.69 Å². The summed E-state index contributed by atoms with van der Waals surface area (Å²) in [6.45, 7) is 1.86. The molecule has 0 saturated heterocycles. The molecule has 0 heterocycles. The van der Waals surface area contributed by atoms with Crippen LogP contribution in [0.3, 0.4) is 0 Å². The molecular weight excluding hydrogens is 291 g/mol. The molecule has 0 saturated carbocycles. The average Bonchev–Trinajstić information content (AvgIpc) is 2.45. The van der Waals surface area contributed by atoms with E-state index in [9.17, 15) is 12.8 Å². The normalized spacial score (nSPS) is 13.0. The lowest BCUT2D eigenvalue weighted by Gasteiger charge is -2.18. The molecule has 21 heavy (non-hydrogen) atoms. The predicted molar refractivity (Wildman–Crippen MR) is 80.6 cm³/mol. The Hall–Kier alpha value is -1.92. The number of hydrogen-bond donors (Lipinski definition) is 2. The highest BCUT2D eigenvalue weighted by Crippen LogP contribution is 2.22. The van der Waals surface area contributed by atoms with Gasteiger partial charge in [0.15, 0.2) is 0 Å². The Bertz CT molecular complexity index is 718. The smallest absolute Gasteiger partial charge is 0.244 e. The van der Waals surface area contributed by atoms with Crippen LogP contribution in [0.15, 0.2) is 53.4 Å². The Morgan fingerprint density at radius 3 is 2.43 bits per heavy atom. The zero-order chi connectivity index (χ0) is 15.5. The number of sulfonamides is 1. The van der Waals surface area contributed by atoms with Crippen LogP contribution in [-0.2, 0) is 10.0 Å². The van der Waals surface area contributed by atoms with Gasteiger partial charge in [0, 0.05) is 11.7 Å². The zero-order valence-corrected chi connectivity index (χ0v) is 12.4. The molecule has 0 amide bonds. The van der Waals surface area contributed by atoms with Gasteiger partial charge in [-0.3, -0.25) is 0 Å². The van der Waals surface area contributed by atoms with Gasteiger partial charge in [0.05, 0.1) is 0 Å². The fraction of sp³-hybridized carbons (Fsp3) is 0.200. The summed E-state index contributed by atoms with van der Waals surface area (Å²) in [6, 6.07) is 12.3. The quantitative estimate of drug-likeness (QED) is 0.834. The molecule has 112 valence electrons. The lowest BCUT2D eigenvalue weighted by Crippen LogP contribution is -2.29. The van der Waals surface area contributed by atoms with Crippen LogP contribution in [0, 0.1) is 5.82 Å². The molecule has 2 rings (SSSR count). The standard InChI is InChI=1S/C15H17FN2O2S/c1-2-14(11-6-4-3-5-7-11)18-21(19,20)15-9-8-12(17)10-13(15)16/h3-10,14,18H,2,17H2,1H3. The molecule has 0 spiro atoms. The number of nitrogen functional groups attached to an aromatic ring is 1. The fourth-order valence-electron chi connectivity index (χ4n) is 2.06. The highest BCUT2D eigenvalue weighted by Gasteiger charge is 2.23. The average molecular weight is 308 g/mol. The third-order valence-corrected chi connectivity index (χ3v) is 4.66. The molecule has 0 aliphatic rings. The molecule has 2 aromatic carbocycles. The van der Waals surface area contributed by atoms with Crippen molar-refractivity contribution in [3.8, 4) is 0 Å². The minimum Gasteiger partial charge on any atom is -0.399 e. The molecule has 3 N–H and O–H groups in total. The van der Waals surface area contributed by atoms with Crippen LogP contribution in [0.4, 0.5) is 10.1 Å². The first-order valence-electron chi connectivity index (χ1n) is 6.56. The SMILES string of the molecule is CCC(NS(=O)(=O)c1ccc(N)cc1F)c1ccccc1. The summed E-state index contributed by atoms with van der Waals surface area (Å²) in [5, 5.41) is 0. The van der Waals surface area contributed by atoms with E-state index in [1.165, 1.54) is 12.1 Å². The lowest BCUT2D eigenvalue weighted by atomic mass is 10.1. The number of hydrogen-bond acceptors (Lipinski definition) is 3. The van der Waals surface area contributed by atoms with Gasteiger partial charge < -0.3 is 5.73 Å². The van der Waals surface area contributed by atoms with Crippen molar-refractivity contribution in [3.63, 3.8) is 0 Å². The van der Waals surface area contributed by atoms with Crippen LogP contribution in [0.5, 0.6) is 0 Å². The maximum atomic E-state index is 13.8. The summed E-state index contributed by atoms with van der Waals surface area (Å²) in [7, 11) is -3.95. The van der Waals surface area contributed by atoms with E-state index in [0.717, 1.165) is 11.6 Å². The van der Waals surface area contributed by atoms with Crippen molar-refractivity contribution < 1.29 is 12.8 Å². The van der Waals surface area contributed by atoms with Crippen LogP contribution in [0.2, 0.25) is 0 Å². The molecule has 4 nitrogen and oxygen atoms in total. The van der Waals surface area contributed by atoms with Crippen LogP contribution in [0.1, 0.15) is 24.9 Å². The molecule has 0 bridgehead atoms. The molecule has 0 aromatic heterocycles. The van der Waals surface area contributed by atoms with E-state index in [0.29, 0.717) is 6.42 Å². The van der Waals surface area contributed by atoms with E-state index in [2.05, 4.69) is 4.72 Å². The Kier molecular flexibility index (Phi) is 4.59. The number of rotatable bonds is 5. The number of halogens is 1. The van der Waals surface area contributed by atoms with Crippen LogP contribution < -0.4 is 10.5 Å². The van der Waals surface area contributed by atoms with Gasteiger partial charge in [-0.25, -0.2) is 17.5 Å². The topological polar surface area (TPSA) is 72.2 Å². The second kappa shape index (κ2) is 6.24. The highest BCUT2D eigenvalue weighted by molar-refractivity contribution is 7.89. The first-order chi connectivity index (χ1) is 9.94. The first-order valence-corrected chi connectivity index (χ1v) is 8.04. The van der Waals surface area contributed by atoms with E-state index in [1.807, 2.05) is 37.3 Å². The maximum Gasteiger partial charge on any atom is 0.244 e. The van der Waals surface area contributed by atoms with Crippen molar-refractivity contribution in [1.29, 1.82) is 0 Å². The molecule has 6 heteroatoms. The van der Waals surface area contributed by atoms with Gasteiger partial charge in [-0.1, -0.05) is 37.3 Å². The maximum absolute atomic E-state index is 13.8. The van der Waals surface area contributed by atoms with Gasteiger partial charge in [-0.05, 0) is 30.2 Å². The van der Waals surface area contributed by atoms with Gasteiger partial charge >= 0.3 is 0 Å². The van der Waals surface area contributed by atoms with Gasteiger partial charge in [0.2, 0.25) is 10.0 Å². The molecule has 1 atom stereocenters. The zero-order valence-electron chi connectivity index (χ0n) is 11.6. The van der Waals surface area contributed by atoms with Crippen LogP contribution in [0.25, 0.3) is 0 Å². The van der Waals surface area contributed by atoms with Crippen molar-refractivity contribution in [2.75, 3.05) is 5.73 Å². The summed E-state index contributed by atoms with van der Waals surface area (Å²) < 4.78 is 41.0. The first kappa shape index (κ1) is 15.5. The highest BCUT2D eigenvalue weighted by atomic mass is 32.2. The monoisotopic (exact) mass is 308 g/mol. The molecule has 0 aliphatic carbocycles. The molecule has 0 aliphatic heterocycles. The lowest BCUT2D eigenvalue weighted by molar-refractivity contribution is 0.535. The summed E-state index contributed by atoms with van der Waals surface area (Å²) in [4.78, 5) is -0.397. The van der Waals surface area contributed by atoms with E-state index in [1.54, 1.807) is 0 Å². The van der Waals surface area contributed by atoms with Gasteiger partial charge in [-0.15, -0.1) is 0 Å². The second-order valence-corrected chi connectivity index (χ2v) is 6.37. The number of benzene rings is 2. The molecule has 0 fully saturated rings. The molecule has 1 unspecified atom stereocenters. The van der Waals surface area contributed by atoms with Crippen LogP contribution in [-0.4, -0.2) is 8.42 Å². The Morgan fingerprint density at radius 2 is 1.86 bits per heavy atom. The van der Waals surface area contributed by atoms with Crippen molar-refractivity contribution >= 4 is 15.7 Å². The third kappa shape index (κ3) is 3.59. The Balaban J connectivity index is 2.32. The van der Waals surface area contributed by atoms with Gasteiger partial charge in [-0.2, -0.15) is 0 Å². The van der Waals surface area contributed by atoms with Gasteiger partial charge in [0.1, 0.15) is 10.7 Å². The summed E-state index contributed by atoms with van der Waals surface area (Å²) >= 11 is 0. The number of nitrogens with two attached hydrogens (primary N) is 1. The molecular formula is C15H17FN2O2S. The minimum absolute atomic E-state index is 0.182. The summed E-state index contributed by atoms with van der Waals surface area (Å²) in [5.74, 6) is -0.856. The summed E-state index contributed by atoms with van der Waals surface area (Å²) in [5.41, 5.74) is 6.45. The number of anilines is 1. The van der Waals surface area contributed by atoms with E-state index in [4.69, 9.17) is 5.73 Å². The Labute approximate surface area is 123 Å². The minimum atomic E-state index is -3.95. The Morgan fingerprint density at radius 1 is 1.19 bits per heavy atom. The third-order valence-electron chi connectivity index (χ3n) is 3.15. The predicted octanol–water partition coefficient (Wildman–Crippen LogP) is 2.84. The van der Waals surface area contributed by atoms with Crippen molar-refractivity contribution in [2.45, 2.75) is 24.3 Å². The summed E-state index contributed by atoms with van der Waals surface area (Å²) in [6.07, 6.45) is 0.555. The van der Waals surface area contributed by atoms with Crippen molar-refractivity contribution in [1.82, 2.24) is 4.72 Å². The second-order valence-electron chi connectivity index (χ2n) is 4.68. The van der Waals surface area contributed by atoms with Crippen molar-refractivity contribution in [2.24, 2.45) is 0 Å². The largest absolute Gasteiger partial charge is 0.399 e. The fourth-order valence-corrected chi connectivity index (χ4v) is 3.43.